The number of hydrogen-bond acceptors (Lipinski definition) is 2. The van der Waals surface area contributed by atoms with Crippen LogP contribution >= 0.6 is 0 Å². The third-order valence-corrected chi connectivity index (χ3v) is 2.81. The van der Waals surface area contributed by atoms with Crippen molar-refractivity contribution in [2.24, 2.45) is 0 Å². The minimum Gasteiger partial charge on any atom is -0.418 e. The van der Waals surface area contributed by atoms with Gasteiger partial charge in [-0.1, -0.05) is 13.3 Å². The van der Waals surface area contributed by atoms with E-state index in [4.69, 9.17) is 4.43 Å². The first-order chi connectivity index (χ1) is 6.06. The van der Waals surface area contributed by atoms with Gasteiger partial charge in [0.25, 0.3) is 0 Å². The van der Waals surface area contributed by atoms with E-state index in [0.717, 1.165) is 26.1 Å². The molecule has 0 aliphatic heterocycles. The van der Waals surface area contributed by atoms with Crippen LogP contribution in [0.4, 0.5) is 0 Å². The van der Waals surface area contributed by atoms with Gasteiger partial charge in [0.05, 0.1) is 0 Å². The molecule has 13 heavy (non-hydrogen) atoms. The van der Waals surface area contributed by atoms with E-state index in [1.807, 2.05) is 0 Å². The average Bonchev–Trinajstić information content (AvgIpc) is 2.01. The number of hydrogen-bond donors (Lipinski definition) is 1. The fourth-order valence-corrected chi connectivity index (χ4v) is 1.76. The van der Waals surface area contributed by atoms with E-state index >= 15 is 0 Å². The maximum atomic E-state index is 5.73. The summed E-state index contributed by atoms with van der Waals surface area (Å²) < 4.78 is 5.73. The van der Waals surface area contributed by atoms with Gasteiger partial charge in [-0.05, 0) is 45.6 Å². The molecule has 3 heteroatoms. The van der Waals surface area contributed by atoms with Crippen LogP contribution < -0.4 is 5.32 Å². The molecule has 0 heterocycles. The molecule has 80 valence electrons. The summed E-state index contributed by atoms with van der Waals surface area (Å²) in [6.45, 7) is 12.1. The maximum absolute atomic E-state index is 5.73. The molecule has 2 nitrogen and oxygen atoms in total. The van der Waals surface area contributed by atoms with Crippen molar-refractivity contribution in [3.8, 4) is 0 Å². The van der Waals surface area contributed by atoms with Gasteiger partial charge in [0.15, 0.2) is 8.32 Å². The molecule has 0 aliphatic carbocycles. The Morgan fingerprint density at radius 1 is 1.08 bits per heavy atom. The smallest absolute Gasteiger partial charge is 0.183 e. The van der Waals surface area contributed by atoms with Crippen LogP contribution in [0.15, 0.2) is 0 Å². The molecule has 0 radical (unpaired) electrons. The number of unbranched alkanes of at least 4 members (excludes halogenated alkanes) is 1. The van der Waals surface area contributed by atoms with Crippen LogP contribution in [0.1, 0.15) is 26.2 Å². The third-order valence-electron chi connectivity index (χ3n) is 1.74. The third kappa shape index (κ3) is 12.1. The Balaban J connectivity index is 3.00. The Morgan fingerprint density at radius 3 is 2.23 bits per heavy atom. The molecule has 0 saturated carbocycles. The maximum Gasteiger partial charge on any atom is 0.183 e. The first-order valence-corrected chi connectivity index (χ1v) is 8.82. The van der Waals surface area contributed by atoms with Gasteiger partial charge >= 0.3 is 0 Å². The summed E-state index contributed by atoms with van der Waals surface area (Å²) in [5.74, 6) is 0. The lowest BCUT2D eigenvalue weighted by Gasteiger charge is -2.16. The molecule has 0 aromatic rings. The lowest BCUT2D eigenvalue weighted by atomic mass is 10.3. The molecule has 0 rings (SSSR count). The van der Waals surface area contributed by atoms with Crippen molar-refractivity contribution < 1.29 is 4.43 Å². The van der Waals surface area contributed by atoms with Gasteiger partial charge in [0, 0.05) is 6.61 Å². The zero-order chi connectivity index (χ0) is 10.2. The molecule has 0 fully saturated rings. The normalized spacial score (nSPS) is 12.0. The summed E-state index contributed by atoms with van der Waals surface area (Å²) in [4.78, 5) is 0. The van der Waals surface area contributed by atoms with Crippen molar-refractivity contribution in [1.29, 1.82) is 0 Å². The van der Waals surface area contributed by atoms with E-state index in [-0.39, 0.29) is 0 Å². The highest BCUT2D eigenvalue weighted by Crippen LogP contribution is 2.02. The van der Waals surface area contributed by atoms with E-state index in [9.17, 15) is 0 Å². The summed E-state index contributed by atoms with van der Waals surface area (Å²) >= 11 is 0. The molecule has 0 saturated heterocycles. The van der Waals surface area contributed by atoms with Crippen LogP contribution in [0.5, 0.6) is 0 Å². The van der Waals surface area contributed by atoms with E-state index in [1.54, 1.807) is 0 Å². The van der Waals surface area contributed by atoms with Crippen molar-refractivity contribution in [3.05, 3.63) is 0 Å². The van der Waals surface area contributed by atoms with Crippen LogP contribution in [0.2, 0.25) is 19.6 Å². The van der Waals surface area contributed by atoms with Gasteiger partial charge in [0.1, 0.15) is 0 Å². The monoisotopic (exact) mass is 203 g/mol. The summed E-state index contributed by atoms with van der Waals surface area (Å²) in [7, 11) is -1.26. The zero-order valence-electron chi connectivity index (χ0n) is 9.65. The standard InChI is InChI=1S/C10H25NOSi/c1-5-6-8-11-9-7-10-12-13(2,3)4/h11H,5-10H2,1-4H3. The van der Waals surface area contributed by atoms with Gasteiger partial charge in [-0.15, -0.1) is 0 Å². The predicted molar refractivity (Wildman–Crippen MR) is 61.7 cm³/mol. The summed E-state index contributed by atoms with van der Waals surface area (Å²) in [5.41, 5.74) is 0. The van der Waals surface area contributed by atoms with E-state index in [1.165, 1.54) is 12.8 Å². The molecule has 0 atom stereocenters. The minimum atomic E-state index is -1.26. The highest BCUT2D eigenvalue weighted by molar-refractivity contribution is 6.69. The van der Waals surface area contributed by atoms with Crippen molar-refractivity contribution in [3.63, 3.8) is 0 Å². The van der Waals surface area contributed by atoms with Crippen LogP contribution in [-0.4, -0.2) is 28.0 Å². The Kier molecular flexibility index (Phi) is 7.61. The lowest BCUT2D eigenvalue weighted by Crippen LogP contribution is -2.27. The van der Waals surface area contributed by atoms with Gasteiger partial charge in [-0.3, -0.25) is 0 Å². The molecule has 0 amide bonds. The van der Waals surface area contributed by atoms with E-state index < -0.39 is 8.32 Å². The molecule has 0 aliphatic rings. The van der Waals surface area contributed by atoms with Gasteiger partial charge < -0.3 is 9.74 Å². The highest BCUT2D eigenvalue weighted by Gasteiger charge is 2.12. The second kappa shape index (κ2) is 7.53. The first-order valence-electron chi connectivity index (χ1n) is 5.41. The number of nitrogens with one attached hydrogen (secondary N) is 1. The Bertz CT molecular complexity index is 112. The van der Waals surface area contributed by atoms with Crippen LogP contribution in [0.3, 0.4) is 0 Å². The summed E-state index contributed by atoms with van der Waals surface area (Å²) in [6.07, 6.45) is 3.71. The van der Waals surface area contributed by atoms with Crippen LogP contribution in [0, 0.1) is 0 Å². The van der Waals surface area contributed by atoms with E-state index in [0.29, 0.717) is 0 Å². The molecule has 0 aromatic heterocycles. The van der Waals surface area contributed by atoms with Crippen molar-refractivity contribution >= 4 is 8.32 Å². The van der Waals surface area contributed by atoms with E-state index in [2.05, 4.69) is 31.9 Å². The quantitative estimate of drug-likeness (QED) is 0.484. The molecular formula is C10H25NOSi. The van der Waals surface area contributed by atoms with Crippen molar-refractivity contribution in [1.82, 2.24) is 5.32 Å². The lowest BCUT2D eigenvalue weighted by molar-refractivity contribution is 0.302. The fraction of sp³-hybridized carbons (Fsp3) is 1.00. The fourth-order valence-electron chi connectivity index (χ4n) is 1.00. The Hall–Kier alpha value is 0.137. The predicted octanol–water partition coefficient (Wildman–Crippen LogP) is 2.62. The topological polar surface area (TPSA) is 21.3 Å². The molecular weight excluding hydrogens is 178 g/mol. The second-order valence-electron chi connectivity index (χ2n) is 4.42. The molecule has 0 bridgehead atoms. The minimum absolute atomic E-state index is 0.925. The second-order valence-corrected chi connectivity index (χ2v) is 8.93. The Morgan fingerprint density at radius 2 is 1.69 bits per heavy atom. The summed E-state index contributed by atoms with van der Waals surface area (Å²) in [6, 6.07) is 0. The van der Waals surface area contributed by atoms with Crippen LogP contribution in [0.25, 0.3) is 0 Å². The van der Waals surface area contributed by atoms with Crippen molar-refractivity contribution in [2.45, 2.75) is 45.8 Å². The summed E-state index contributed by atoms with van der Waals surface area (Å²) in [5, 5.41) is 3.41. The van der Waals surface area contributed by atoms with Gasteiger partial charge in [0.2, 0.25) is 0 Å². The SMILES string of the molecule is CCCCNCCCO[Si](C)(C)C. The van der Waals surface area contributed by atoms with Crippen LogP contribution in [-0.2, 0) is 4.43 Å². The van der Waals surface area contributed by atoms with Gasteiger partial charge in [-0.2, -0.15) is 0 Å². The largest absolute Gasteiger partial charge is 0.418 e. The van der Waals surface area contributed by atoms with Crippen molar-refractivity contribution in [2.75, 3.05) is 19.7 Å². The van der Waals surface area contributed by atoms with Gasteiger partial charge in [-0.25, -0.2) is 0 Å². The highest BCUT2D eigenvalue weighted by atomic mass is 28.4. The molecule has 1 N–H and O–H groups in total. The average molecular weight is 203 g/mol. The first kappa shape index (κ1) is 13.1. The molecule has 0 aromatic carbocycles. The number of rotatable bonds is 8. The molecule has 0 spiro atoms. The molecule has 0 unspecified atom stereocenters. The Labute approximate surface area is 84.2 Å². The zero-order valence-corrected chi connectivity index (χ0v) is 10.7.